The van der Waals surface area contributed by atoms with Gasteiger partial charge in [0.15, 0.2) is 0 Å². The van der Waals surface area contributed by atoms with Crippen molar-refractivity contribution in [2.24, 2.45) is 0 Å². The molecule has 1 fully saturated rings. The molecule has 0 aromatic rings. The number of hydrogen-bond donors (Lipinski definition) is 2. The summed E-state index contributed by atoms with van der Waals surface area (Å²) in [5.74, 6) is -0.846. The highest BCUT2D eigenvalue weighted by atomic mass is 32.2. The molecule has 1 aliphatic rings. The van der Waals surface area contributed by atoms with Crippen LogP contribution in [0, 0.1) is 4.78 Å². The van der Waals surface area contributed by atoms with Crippen molar-refractivity contribution in [3.63, 3.8) is 0 Å². The molecule has 82 valence electrons. The van der Waals surface area contributed by atoms with Crippen LogP contribution in [0.1, 0.15) is 0 Å². The van der Waals surface area contributed by atoms with Gasteiger partial charge in [-0.2, -0.15) is 0 Å². The number of carbonyl (C=O) groups is 1. The van der Waals surface area contributed by atoms with Gasteiger partial charge in [0.2, 0.25) is 0 Å². The van der Waals surface area contributed by atoms with Gasteiger partial charge in [-0.1, -0.05) is 0 Å². The van der Waals surface area contributed by atoms with Crippen molar-refractivity contribution in [2.45, 2.75) is 0 Å². The summed E-state index contributed by atoms with van der Waals surface area (Å²) in [5.41, 5.74) is 0. The van der Waals surface area contributed by atoms with E-state index in [9.17, 15) is 9.00 Å². The number of aliphatic carboxylic acids is 1. The van der Waals surface area contributed by atoms with Crippen LogP contribution >= 0.6 is 0 Å². The van der Waals surface area contributed by atoms with E-state index in [1.807, 2.05) is 0 Å². The van der Waals surface area contributed by atoms with Crippen LogP contribution < -0.4 is 0 Å². The first kappa shape index (κ1) is 11.4. The SMILES string of the molecule is CS(=N)(=O)N1CCN(CC(=O)O)CC1. The lowest BCUT2D eigenvalue weighted by molar-refractivity contribution is -0.138. The van der Waals surface area contributed by atoms with Crippen LogP contribution in [-0.2, 0) is 14.7 Å². The fraction of sp³-hybridized carbons (Fsp3) is 0.857. The lowest BCUT2D eigenvalue weighted by Crippen LogP contribution is -2.49. The highest BCUT2D eigenvalue weighted by molar-refractivity contribution is 7.89. The molecule has 0 aliphatic carbocycles. The zero-order valence-corrected chi connectivity index (χ0v) is 8.92. The number of nitrogens with one attached hydrogen (secondary N) is 1. The molecule has 1 rings (SSSR count). The Balaban J connectivity index is 2.43. The van der Waals surface area contributed by atoms with Gasteiger partial charge < -0.3 is 5.11 Å². The van der Waals surface area contributed by atoms with Gasteiger partial charge in [-0.15, -0.1) is 0 Å². The third-order valence-electron chi connectivity index (χ3n) is 2.18. The molecule has 14 heavy (non-hydrogen) atoms. The van der Waals surface area contributed by atoms with Gasteiger partial charge in [0, 0.05) is 32.4 Å². The van der Waals surface area contributed by atoms with Crippen LogP contribution in [0.5, 0.6) is 0 Å². The van der Waals surface area contributed by atoms with Crippen molar-refractivity contribution in [1.29, 1.82) is 4.78 Å². The summed E-state index contributed by atoms with van der Waals surface area (Å²) < 4.78 is 20.3. The molecule has 2 N–H and O–H groups in total. The average Bonchev–Trinajstić information content (AvgIpc) is 2.02. The van der Waals surface area contributed by atoms with E-state index < -0.39 is 15.9 Å². The molecule has 0 bridgehead atoms. The lowest BCUT2D eigenvalue weighted by atomic mass is 10.3. The van der Waals surface area contributed by atoms with Crippen molar-refractivity contribution < 1.29 is 14.1 Å². The maximum absolute atomic E-state index is 11.3. The van der Waals surface area contributed by atoms with Gasteiger partial charge in [0.25, 0.3) is 0 Å². The summed E-state index contributed by atoms with van der Waals surface area (Å²) in [6, 6.07) is 0. The number of piperazine rings is 1. The molecule has 1 saturated heterocycles. The molecule has 7 heteroatoms. The number of carboxylic acid groups (broad SMARTS) is 1. The summed E-state index contributed by atoms with van der Waals surface area (Å²) in [7, 11) is -2.62. The Hall–Kier alpha value is -0.660. The number of rotatable bonds is 3. The average molecular weight is 221 g/mol. The molecular weight excluding hydrogens is 206 g/mol. The topological polar surface area (TPSA) is 84.7 Å². The van der Waals surface area contributed by atoms with Crippen molar-refractivity contribution in [3.8, 4) is 0 Å². The largest absolute Gasteiger partial charge is 0.480 e. The Morgan fingerprint density at radius 1 is 1.43 bits per heavy atom. The summed E-state index contributed by atoms with van der Waals surface area (Å²) in [6.07, 6.45) is 1.39. The van der Waals surface area contributed by atoms with Gasteiger partial charge in [0.05, 0.1) is 6.54 Å². The molecule has 0 spiro atoms. The van der Waals surface area contributed by atoms with E-state index in [0.29, 0.717) is 26.2 Å². The smallest absolute Gasteiger partial charge is 0.317 e. The molecule has 0 amide bonds. The minimum atomic E-state index is -2.62. The Morgan fingerprint density at radius 3 is 2.29 bits per heavy atom. The molecule has 0 aromatic carbocycles. The summed E-state index contributed by atoms with van der Waals surface area (Å²) in [5, 5.41) is 8.54. The predicted octanol–water partition coefficient (Wildman–Crippen LogP) is -0.720. The van der Waals surface area contributed by atoms with Gasteiger partial charge in [-0.05, 0) is 0 Å². The molecular formula is C7H15N3O3S. The minimum absolute atomic E-state index is 0.0245. The Kier molecular flexibility index (Phi) is 3.46. The zero-order valence-electron chi connectivity index (χ0n) is 8.10. The first-order valence-corrected chi connectivity index (χ1v) is 6.25. The van der Waals surface area contributed by atoms with E-state index in [4.69, 9.17) is 9.89 Å². The van der Waals surface area contributed by atoms with E-state index in [2.05, 4.69) is 0 Å². The van der Waals surface area contributed by atoms with Crippen molar-refractivity contribution in [1.82, 2.24) is 9.21 Å². The second-order valence-corrected chi connectivity index (χ2v) is 5.52. The normalized spacial score (nSPS) is 24.4. The van der Waals surface area contributed by atoms with Gasteiger partial charge in [-0.3, -0.25) is 9.69 Å². The Morgan fingerprint density at radius 2 is 1.93 bits per heavy atom. The van der Waals surface area contributed by atoms with E-state index in [1.54, 1.807) is 9.21 Å². The van der Waals surface area contributed by atoms with E-state index >= 15 is 0 Å². The predicted molar refractivity (Wildman–Crippen MR) is 52.4 cm³/mol. The van der Waals surface area contributed by atoms with Gasteiger partial charge >= 0.3 is 5.97 Å². The van der Waals surface area contributed by atoms with Crippen LogP contribution in [0.25, 0.3) is 0 Å². The van der Waals surface area contributed by atoms with Gasteiger partial charge in [0.1, 0.15) is 9.92 Å². The first-order valence-electron chi connectivity index (χ1n) is 4.32. The number of nitrogens with zero attached hydrogens (tertiary/aromatic N) is 2. The molecule has 0 radical (unpaired) electrons. The van der Waals surface area contributed by atoms with E-state index in [-0.39, 0.29) is 6.54 Å². The maximum atomic E-state index is 11.3. The Labute approximate surface area is 83.6 Å². The second-order valence-electron chi connectivity index (χ2n) is 3.40. The molecule has 1 heterocycles. The third-order valence-corrected chi connectivity index (χ3v) is 3.53. The molecule has 0 saturated carbocycles. The monoisotopic (exact) mass is 221 g/mol. The second kappa shape index (κ2) is 4.24. The van der Waals surface area contributed by atoms with Crippen LogP contribution in [0.2, 0.25) is 0 Å². The molecule has 6 nitrogen and oxygen atoms in total. The summed E-state index contributed by atoms with van der Waals surface area (Å²) >= 11 is 0. The molecule has 1 unspecified atom stereocenters. The fourth-order valence-electron chi connectivity index (χ4n) is 1.43. The highest BCUT2D eigenvalue weighted by Crippen LogP contribution is 2.05. The summed E-state index contributed by atoms with van der Waals surface area (Å²) in [4.78, 5) is 12.2. The van der Waals surface area contributed by atoms with Crippen LogP contribution in [0.15, 0.2) is 0 Å². The van der Waals surface area contributed by atoms with Crippen LogP contribution in [0.4, 0.5) is 0 Å². The first-order chi connectivity index (χ1) is 6.39. The standard InChI is InChI=1S/C7H15N3O3S/c1-14(8,13)10-4-2-9(3-5-10)6-7(11)12/h8H,2-6H2,1H3,(H,11,12). The highest BCUT2D eigenvalue weighted by Gasteiger charge is 2.22. The van der Waals surface area contributed by atoms with Crippen molar-refractivity contribution in [2.75, 3.05) is 39.0 Å². The third kappa shape index (κ3) is 3.24. The Bertz CT molecular complexity index is 306. The van der Waals surface area contributed by atoms with Crippen molar-refractivity contribution in [3.05, 3.63) is 0 Å². The fourth-order valence-corrected chi connectivity index (χ4v) is 2.29. The number of hydrogen-bond acceptors (Lipinski definition) is 4. The lowest BCUT2D eigenvalue weighted by Gasteiger charge is -2.33. The molecule has 1 atom stereocenters. The van der Waals surface area contributed by atoms with Gasteiger partial charge in [-0.25, -0.2) is 13.3 Å². The van der Waals surface area contributed by atoms with E-state index in [0.717, 1.165) is 0 Å². The van der Waals surface area contributed by atoms with E-state index in [1.165, 1.54) is 6.26 Å². The zero-order chi connectivity index (χ0) is 10.8. The quantitative estimate of drug-likeness (QED) is 0.658. The summed E-state index contributed by atoms with van der Waals surface area (Å²) in [6.45, 7) is 2.17. The van der Waals surface area contributed by atoms with Crippen LogP contribution in [-0.4, -0.2) is 63.5 Å². The van der Waals surface area contributed by atoms with Crippen LogP contribution in [0.3, 0.4) is 0 Å². The maximum Gasteiger partial charge on any atom is 0.317 e. The minimum Gasteiger partial charge on any atom is -0.480 e. The number of carboxylic acids is 1. The van der Waals surface area contributed by atoms with Crippen molar-refractivity contribution >= 4 is 15.9 Å². The molecule has 1 aliphatic heterocycles. The molecule has 0 aromatic heterocycles.